The standard InChI is InChI=1S/C22H26ClN5O2S/c1-13(2)16-10-9-14(3)11-19(16)30-12-20-26-27-22(28(20)24)31-15(4)21(29)25-18-8-6-5-7-17(18)23/h5-11,13,15H,12,24H2,1-4H3,(H,25,29). The summed E-state index contributed by atoms with van der Waals surface area (Å²) in [5.41, 5.74) is 2.79. The van der Waals surface area contributed by atoms with E-state index in [0.717, 1.165) is 16.9 Å². The number of carbonyl (C=O) groups excluding carboxylic acids is 1. The Morgan fingerprint density at radius 3 is 2.68 bits per heavy atom. The summed E-state index contributed by atoms with van der Waals surface area (Å²) < 4.78 is 7.35. The Labute approximate surface area is 191 Å². The third-order valence-electron chi connectivity index (χ3n) is 4.67. The molecule has 3 N–H and O–H groups in total. The number of para-hydroxylation sites is 1. The van der Waals surface area contributed by atoms with Crippen LogP contribution in [0.25, 0.3) is 0 Å². The summed E-state index contributed by atoms with van der Waals surface area (Å²) in [6, 6.07) is 13.2. The average Bonchev–Trinajstić information content (AvgIpc) is 3.07. The number of carbonyl (C=O) groups is 1. The van der Waals surface area contributed by atoms with E-state index < -0.39 is 5.25 Å². The molecule has 2 aromatic carbocycles. The van der Waals surface area contributed by atoms with Crippen molar-refractivity contribution in [3.8, 4) is 5.75 Å². The second-order valence-corrected chi connectivity index (χ2v) is 9.20. The van der Waals surface area contributed by atoms with Crippen LogP contribution < -0.4 is 15.9 Å². The zero-order chi connectivity index (χ0) is 22.5. The Balaban J connectivity index is 1.64. The average molecular weight is 460 g/mol. The topological polar surface area (TPSA) is 95.1 Å². The number of thioether (sulfide) groups is 1. The van der Waals surface area contributed by atoms with Crippen LogP contribution in [0.5, 0.6) is 5.75 Å². The Morgan fingerprint density at radius 1 is 1.23 bits per heavy atom. The third kappa shape index (κ3) is 5.71. The van der Waals surface area contributed by atoms with Gasteiger partial charge in [-0.15, -0.1) is 10.2 Å². The van der Waals surface area contributed by atoms with Crippen molar-refractivity contribution in [1.29, 1.82) is 0 Å². The maximum atomic E-state index is 12.5. The molecular formula is C22H26ClN5O2S. The number of nitrogens with one attached hydrogen (secondary N) is 1. The van der Waals surface area contributed by atoms with E-state index in [9.17, 15) is 4.79 Å². The van der Waals surface area contributed by atoms with Crippen molar-refractivity contribution in [3.05, 3.63) is 64.4 Å². The Kier molecular flexibility index (Phi) is 7.46. The highest BCUT2D eigenvalue weighted by molar-refractivity contribution is 8.00. The molecule has 9 heteroatoms. The van der Waals surface area contributed by atoms with Gasteiger partial charge in [0, 0.05) is 0 Å². The lowest BCUT2D eigenvalue weighted by Gasteiger charge is -2.15. The van der Waals surface area contributed by atoms with E-state index in [1.807, 2.05) is 13.0 Å². The van der Waals surface area contributed by atoms with Crippen LogP contribution in [-0.2, 0) is 11.4 Å². The molecule has 0 aliphatic rings. The minimum absolute atomic E-state index is 0.174. The van der Waals surface area contributed by atoms with E-state index in [4.69, 9.17) is 22.2 Å². The van der Waals surface area contributed by atoms with Gasteiger partial charge in [0.2, 0.25) is 11.1 Å². The number of amides is 1. The minimum Gasteiger partial charge on any atom is -0.485 e. The van der Waals surface area contributed by atoms with Gasteiger partial charge in [-0.1, -0.05) is 61.5 Å². The van der Waals surface area contributed by atoms with Crippen molar-refractivity contribution >= 4 is 35.0 Å². The van der Waals surface area contributed by atoms with E-state index in [1.165, 1.54) is 16.4 Å². The fourth-order valence-corrected chi connectivity index (χ4v) is 3.85. The van der Waals surface area contributed by atoms with Gasteiger partial charge < -0.3 is 15.9 Å². The maximum absolute atomic E-state index is 12.5. The van der Waals surface area contributed by atoms with Crippen LogP contribution in [0.3, 0.4) is 0 Å². The van der Waals surface area contributed by atoms with Crippen LogP contribution in [0.15, 0.2) is 47.6 Å². The second-order valence-electron chi connectivity index (χ2n) is 7.48. The minimum atomic E-state index is -0.458. The highest BCUT2D eigenvalue weighted by Crippen LogP contribution is 2.29. The molecule has 0 aliphatic carbocycles. The number of nitrogen functional groups attached to an aromatic ring is 1. The maximum Gasteiger partial charge on any atom is 0.237 e. The zero-order valence-electron chi connectivity index (χ0n) is 17.9. The molecule has 0 spiro atoms. The summed E-state index contributed by atoms with van der Waals surface area (Å²) in [5.74, 6) is 7.55. The first kappa shape index (κ1) is 23.0. The molecule has 164 valence electrons. The molecule has 0 saturated carbocycles. The number of anilines is 1. The molecule has 1 heterocycles. The molecule has 0 bridgehead atoms. The lowest BCUT2D eigenvalue weighted by atomic mass is 10.0. The largest absolute Gasteiger partial charge is 0.485 e. The fourth-order valence-electron chi connectivity index (χ4n) is 2.88. The van der Waals surface area contributed by atoms with E-state index in [2.05, 4.69) is 41.5 Å². The van der Waals surface area contributed by atoms with E-state index in [-0.39, 0.29) is 12.5 Å². The quantitative estimate of drug-likeness (QED) is 0.372. The van der Waals surface area contributed by atoms with Crippen LogP contribution in [0, 0.1) is 6.92 Å². The molecule has 7 nitrogen and oxygen atoms in total. The Hall–Kier alpha value is -2.71. The van der Waals surface area contributed by atoms with Gasteiger partial charge >= 0.3 is 0 Å². The number of halogens is 1. The Morgan fingerprint density at radius 2 is 1.97 bits per heavy atom. The van der Waals surface area contributed by atoms with Crippen molar-refractivity contribution in [2.45, 2.75) is 50.6 Å². The number of hydrogen-bond donors (Lipinski definition) is 2. The molecule has 0 aliphatic heterocycles. The molecule has 1 unspecified atom stereocenters. The van der Waals surface area contributed by atoms with Crippen LogP contribution in [0.2, 0.25) is 5.02 Å². The van der Waals surface area contributed by atoms with Gasteiger partial charge in [-0.2, -0.15) is 0 Å². The van der Waals surface area contributed by atoms with Gasteiger partial charge in [-0.3, -0.25) is 4.79 Å². The summed E-state index contributed by atoms with van der Waals surface area (Å²) in [7, 11) is 0. The molecule has 31 heavy (non-hydrogen) atoms. The molecule has 0 saturated heterocycles. The van der Waals surface area contributed by atoms with Gasteiger partial charge in [0.15, 0.2) is 5.82 Å². The Bertz CT molecular complexity index is 1070. The lowest BCUT2D eigenvalue weighted by Crippen LogP contribution is -2.24. The monoisotopic (exact) mass is 459 g/mol. The molecule has 3 aromatic rings. The number of nitrogens with two attached hydrogens (primary N) is 1. The second kappa shape index (κ2) is 10.1. The smallest absolute Gasteiger partial charge is 0.237 e. The number of nitrogens with zero attached hydrogens (tertiary/aromatic N) is 3. The molecule has 1 amide bonds. The van der Waals surface area contributed by atoms with Crippen molar-refractivity contribution in [2.24, 2.45) is 0 Å². The summed E-state index contributed by atoms with van der Waals surface area (Å²) in [4.78, 5) is 12.5. The molecule has 0 fully saturated rings. The van der Waals surface area contributed by atoms with E-state index in [0.29, 0.717) is 27.6 Å². The lowest BCUT2D eigenvalue weighted by molar-refractivity contribution is -0.115. The van der Waals surface area contributed by atoms with Crippen LogP contribution >= 0.6 is 23.4 Å². The fraction of sp³-hybridized carbons (Fsp3) is 0.318. The number of hydrogen-bond acceptors (Lipinski definition) is 6. The number of aromatic nitrogens is 3. The highest BCUT2D eigenvalue weighted by atomic mass is 35.5. The predicted octanol–water partition coefficient (Wildman–Crippen LogP) is 4.78. The van der Waals surface area contributed by atoms with E-state index >= 15 is 0 Å². The normalized spacial score (nSPS) is 12.1. The summed E-state index contributed by atoms with van der Waals surface area (Å²) >= 11 is 7.32. The first-order valence-electron chi connectivity index (χ1n) is 9.91. The molecule has 1 atom stereocenters. The van der Waals surface area contributed by atoms with E-state index in [1.54, 1.807) is 31.2 Å². The van der Waals surface area contributed by atoms with Crippen molar-refractivity contribution in [2.75, 3.05) is 11.2 Å². The molecular weight excluding hydrogens is 434 g/mol. The molecule has 3 rings (SSSR count). The summed E-state index contributed by atoms with van der Waals surface area (Å²) in [6.45, 7) is 8.20. The highest BCUT2D eigenvalue weighted by Gasteiger charge is 2.20. The molecule has 0 radical (unpaired) electrons. The first-order chi connectivity index (χ1) is 14.8. The SMILES string of the molecule is Cc1ccc(C(C)C)c(OCc2nnc(SC(C)C(=O)Nc3ccccc3Cl)n2N)c1. The van der Waals surface area contributed by atoms with Crippen molar-refractivity contribution in [3.63, 3.8) is 0 Å². The first-order valence-corrected chi connectivity index (χ1v) is 11.2. The van der Waals surface area contributed by atoms with Gasteiger partial charge in [0.1, 0.15) is 12.4 Å². The van der Waals surface area contributed by atoms with Gasteiger partial charge in [0.25, 0.3) is 0 Å². The number of ether oxygens (including phenoxy) is 1. The molecule has 1 aromatic heterocycles. The van der Waals surface area contributed by atoms with Gasteiger partial charge in [0.05, 0.1) is 16.0 Å². The van der Waals surface area contributed by atoms with Crippen LogP contribution in [0.4, 0.5) is 5.69 Å². The van der Waals surface area contributed by atoms with Crippen LogP contribution in [0.1, 0.15) is 43.6 Å². The number of benzene rings is 2. The van der Waals surface area contributed by atoms with Crippen LogP contribution in [-0.4, -0.2) is 26.0 Å². The predicted molar refractivity (Wildman–Crippen MR) is 125 cm³/mol. The number of rotatable bonds is 8. The zero-order valence-corrected chi connectivity index (χ0v) is 19.5. The summed E-state index contributed by atoms with van der Waals surface area (Å²) in [6.07, 6.45) is 0. The van der Waals surface area contributed by atoms with Gasteiger partial charge in [-0.05, 0) is 49.1 Å². The van der Waals surface area contributed by atoms with Gasteiger partial charge in [-0.25, -0.2) is 4.68 Å². The van der Waals surface area contributed by atoms with Crippen molar-refractivity contribution in [1.82, 2.24) is 14.9 Å². The van der Waals surface area contributed by atoms with Crippen molar-refractivity contribution < 1.29 is 9.53 Å². The third-order valence-corrected chi connectivity index (χ3v) is 6.05. The number of aryl methyl sites for hydroxylation is 1. The summed E-state index contributed by atoms with van der Waals surface area (Å²) in [5, 5.41) is 11.5.